The monoisotopic (exact) mass is 389 g/mol. The number of amides is 2. The average Bonchev–Trinajstić information content (AvgIpc) is 3.23. The number of hydrogen-bond donors (Lipinski definition) is 1. The summed E-state index contributed by atoms with van der Waals surface area (Å²) in [5.74, 6) is 0.842. The molecule has 2 heterocycles. The fraction of sp³-hybridized carbons (Fsp3) is 0.292. The molecule has 0 saturated carbocycles. The zero-order valence-electron chi connectivity index (χ0n) is 17.0. The Hall–Kier alpha value is -3.21. The molecule has 0 saturated heterocycles. The second-order valence-electron chi connectivity index (χ2n) is 7.21. The van der Waals surface area contributed by atoms with Crippen molar-refractivity contribution in [1.29, 1.82) is 0 Å². The summed E-state index contributed by atoms with van der Waals surface area (Å²) in [6.45, 7) is 6.16. The third-order valence-electron chi connectivity index (χ3n) is 5.39. The second kappa shape index (κ2) is 8.43. The number of carbonyl (C=O) groups excluding carboxylic acids is 1. The van der Waals surface area contributed by atoms with Crippen LogP contribution in [0.4, 0.5) is 10.5 Å². The van der Waals surface area contributed by atoms with Crippen LogP contribution in [0.3, 0.4) is 0 Å². The largest absolute Gasteiger partial charge is 0.494 e. The third kappa shape index (κ3) is 3.99. The second-order valence-corrected chi connectivity index (χ2v) is 7.21. The molecule has 29 heavy (non-hydrogen) atoms. The van der Waals surface area contributed by atoms with Crippen LogP contribution in [0.5, 0.6) is 5.75 Å². The number of nitrogens with one attached hydrogen (secondary N) is 1. The van der Waals surface area contributed by atoms with Crippen LogP contribution in [0, 0.1) is 0 Å². The van der Waals surface area contributed by atoms with Gasteiger partial charge in [-0.3, -0.25) is 0 Å². The molecule has 0 bridgehead atoms. The number of carbonyl (C=O) groups is 1. The van der Waals surface area contributed by atoms with Gasteiger partial charge in [0.25, 0.3) is 0 Å². The standard InChI is InChI=1S/C24H27N3O2/c1-3-18-7-5-8-20(17-18)25-24(28)27-16-15-26-14-6-9-22(26)23(27)19-10-12-21(13-11-19)29-4-2/h5-14,17,23H,3-4,15-16H2,1-2H3,(H,25,28). The van der Waals surface area contributed by atoms with Crippen LogP contribution < -0.4 is 10.1 Å². The molecule has 1 atom stereocenters. The highest BCUT2D eigenvalue weighted by molar-refractivity contribution is 5.90. The van der Waals surface area contributed by atoms with Crippen LogP contribution in [0.2, 0.25) is 0 Å². The van der Waals surface area contributed by atoms with Crippen molar-refractivity contribution in [2.75, 3.05) is 18.5 Å². The number of ether oxygens (including phenoxy) is 1. The normalized spacial score (nSPS) is 15.7. The van der Waals surface area contributed by atoms with Gasteiger partial charge in [0.05, 0.1) is 12.6 Å². The first-order valence-corrected chi connectivity index (χ1v) is 10.2. The maximum atomic E-state index is 13.2. The fourth-order valence-corrected chi connectivity index (χ4v) is 3.93. The summed E-state index contributed by atoms with van der Waals surface area (Å²) in [4.78, 5) is 15.2. The van der Waals surface area contributed by atoms with Crippen LogP contribution in [-0.4, -0.2) is 28.6 Å². The van der Waals surface area contributed by atoms with Gasteiger partial charge < -0.3 is 19.5 Å². The minimum atomic E-state index is -0.135. The van der Waals surface area contributed by atoms with Crippen LogP contribution >= 0.6 is 0 Å². The van der Waals surface area contributed by atoms with Gasteiger partial charge in [-0.05, 0) is 60.9 Å². The molecular formula is C24H27N3O2. The van der Waals surface area contributed by atoms with E-state index in [1.807, 2.05) is 48.2 Å². The van der Waals surface area contributed by atoms with Crippen LogP contribution in [0.15, 0.2) is 66.9 Å². The smallest absolute Gasteiger partial charge is 0.322 e. The lowest BCUT2D eigenvalue weighted by Crippen LogP contribution is -2.44. The van der Waals surface area contributed by atoms with Crippen molar-refractivity contribution in [3.05, 3.63) is 83.7 Å². The van der Waals surface area contributed by atoms with E-state index in [2.05, 4.69) is 47.3 Å². The minimum absolute atomic E-state index is 0.0791. The van der Waals surface area contributed by atoms with E-state index in [0.717, 1.165) is 35.7 Å². The molecule has 1 aliphatic rings. The average molecular weight is 389 g/mol. The zero-order valence-corrected chi connectivity index (χ0v) is 17.0. The molecule has 2 amide bonds. The van der Waals surface area contributed by atoms with E-state index in [-0.39, 0.29) is 12.1 Å². The number of aromatic nitrogens is 1. The molecule has 3 aromatic rings. The lowest BCUT2D eigenvalue weighted by molar-refractivity contribution is 0.182. The van der Waals surface area contributed by atoms with E-state index >= 15 is 0 Å². The molecule has 0 fully saturated rings. The number of hydrogen-bond acceptors (Lipinski definition) is 2. The van der Waals surface area contributed by atoms with Crippen LogP contribution in [0.1, 0.15) is 36.7 Å². The molecule has 0 spiro atoms. The van der Waals surface area contributed by atoms with Crippen molar-refractivity contribution in [2.24, 2.45) is 0 Å². The maximum absolute atomic E-state index is 13.2. The Labute approximate surface area is 171 Å². The summed E-state index contributed by atoms with van der Waals surface area (Å²) >= 11 is 0. The van der Waals surface area contributed by atoms with Gasteiger partial charge >= 0.3 is 6.03 Å². The Morgan fingerprint density at radius 3 is 2.66 bits per heavy atom. The summed E-state index contributed by atoms with van der Waals surface area (Å²) in [6, 6.07) is 20.0. The highest BCUT2D eigenvalue weighted by Gasteiger charge is 2.32. The number of rotatable bonds is 5. The molecule has 2 aromatic carbocycles. The summed E-state index contributed by atoms with van der Waals surface area (Å²) in [7, 11) is 0. The molecule has 1 unspecified atom stereocenters. The van der Waals surface area contributed by atoms with E-state index in [1.165, 1.54) is 5.56 Å². The Bertz CT molecular complexity index is 978. The summed E-state index contributed by atoms with van der Waals surface area (Å²) in [6.07, 6.45) is 3.02. The molecule has 5 heteroatoms. The van der Waals surface area contributed by atoms with Gasteiger partial charge in [0.2, 0.25) is 0 Å². The number of nitrogens with zero attached hydrogens (tertiary/aromatic N) is 2. The predicted molar refractivity (Wildman–Crippen MR) is 115 cm³/mol. The lowest BCUT2D eigenvalue weighted by Gasteiger charge is -2.37. The Kier molecular flexibility index (Phi) is 5.56. The van der Waals surface area contributed by atoms with Gasteiger partial charge in [0.1, 0.15) is 5.75 Å². The summed E-state index contributed by atoms with van der Waals surface area (Å²) < 4.78 is 7.80. The van der Waals surface area contributed by atoms with E-state index in [4.69, 9.17) is 4.74 Å². The number of urea groups is 1. The Morgan fingerprint density at radius 1 is 1.07 bits per heavy atom. The SMILES string of the molecule is CCOc1ccc(C2c3cccn3CCN2C(=O)Nc2cccc(CC)c2)cc1. The van der Waals surface area contributed by atoms with Crippen molar-refractivity contribution in [3.63, 3.8) is 0 Å². The van der Waals surface area contributed by atoms with Crippen molar-refractivity contribution in [3.8, 4) is 5.75 Å². The number of aryl methyl sites for hydroxylation is 1. The molecule has 1 N–H and O–H groups in total. The topological polar surface area (TPSA) is 46.5 Å². The van der Waals surface area contributed by atoms with Gasteiger partial charge in [-0.15, -0.1) is 0 Å². The quantitative estimate of drug-likeness (QED) is 0.661. The number of fused-ring (bicyclic) bond motifs is 1. The third-order valence-corrected chi connectivity index (χ3v) is 5.39. The first kappa shape index (κ1) is 19.1. The van der Waals surface area contributed by atoms with Crippen molar-refractivity contribution < 1.29 is 9.53 Å². The van der Waals surface area contributed by atoms with Crippen molar-refractivity contribution >= 4 is 11.7 Å². The van der Waals surface area contributed by atoms with Gasteiger partial charge in [0, 0.05) is 30.7 Å². The molecule has 4 rings (SSSR count). The molecule has 1 aliphatic heterocycles. The Morgan fingerprint density at radius 2 is 1.90 bits per heavy atom. The van der Waals surface area contributed by atoms with Gasteiger partial charge in [-0.1, -0.05) is 31.2 Å². The molecular weight excluding hydrogens is 362 g/mol. The zero-order chi connectivity index (χ0) is 20.2. The summed E-state index contributed by atoms with van der Waals surface area (Å²) in [5, 5.41) is 3.09. The predicted octanol–water partition coefficient (Wildman–Crippen LogP) is 5.09. The van der Waals surface area contributed by atoms with E-state index in [9.17, 15) is 4.79 Å². The van der Waals surface area contributed by atoms with E-state index in [1.54, 1.807) is 0 Å². The van der Waals surface area contributed by atoms with Crippen LogP contribution in [0.25, 0.3) is 0 Å². The Balaban J connectivity index is 1.63. The van der Waals surface area contributed by atoms with Gasteiger partial charge in [-0.2, -0.15) is 0 Å². The van der Waals surface area contributed by atoms with E-state index < -0.39 is 0 Å². The molecule has 0 radical (unpaired) electrons. The summed E-state index contributed by atoms with van der Waals surface area (Å²) in [5.41, 5.74) is 4.24. The minimum Gasteiger partial charge on any atom is -0.494 e. The maximum Gasteiger partial charge on any atom is 0.322 e. The first-order valence-electron chi connectivity index (χ1n) is 10.2. The fourth-order valence-electron chi connectivity index (χ4n) is 3.93. The molecule has 0 aliphatic carbocycles. The number of benzene rings is 2. The molecule has 5 nitrogen and oxygen atoms in total. The van der Waals surface area contributed by atoms with Gasteiger partial charge in [0.15, 0.2) is 0 Å². The van der Waals surface area contributed by atoms with Crippen LogP contribution in [-0.2, 0) is 13.0 Å². The lowest BCUT2D eigenvalue weighted by atomic mass is 10.00. The van der Waals surface area contributed by atoms with Crippen molar-refractivity contribution in [1.82, 2.24) is 9.47 Å². The number of anilines is 1. The highest BCUT2D eigenvalue weighted by Crippen LogP contribution is 2.33. The van der Waals surface area contributed by atoms with E-state index in [0.29, 0.717) is 13.2 Å². The molecule has 1 aromatic heterocycles. The first-order chi connectivity index (χ1) is 14.2. The van der Waals surface area contributed by atoms with Gasteiger partial charge in [-0.25, -0.2) is 4.79 Å². The highest BCUT2D eigenvalue weighted by atomic mass is 16.5. The van der Waals surface area contributed by atoms with Crippen molar-refractivity contribution in [2.45, 2.75) is 32.9 Å². The molecule has 150 valence electrons.